The van der Waals surface area contributed by atoms with Gasteiger partial charge in [-0.2, -0.15) is 17.6 Å². The van der Waals surface area contributed by atoms with Crippen LogP contribution in [0.1, 0.15) is 15.9 Å². The molecule has 0 aliphatic carbocycles. The van der Waals surface area contributed by atoms with Crippen LogP contribution in [0.2, 0.25) is 0 Å². The first-order valence-corrected chi connectivity index (χ1v) is 5.27. The number of aryl methyl sites for hydroxylation is 1. The van der Waals surface area contributed by atoms with E-state index in [0.29, 0.717) is 5.56 Å². The SMILES string of the molecule is COC(=O)c1cc(OC(F)F)ccc1C.FC(F)Cl. The van der Waals surface area contributed by atoms with E-state index in [1.165, 1.54) is 25.3 Å². The highest BCUT2D eigenvalue weighted by Crippen LogP contribution is 2.19. The zero-order chi connectivity index (χ0) is 15.0. The lowest BCUT2D eigenvalue weighted by Crippen LogP contribution is -2.06. The maximum Gasteiger partial charge on any atom is 0.387 e. The standard InChI is InChI=1S/C10H10F2O3.CHClF2/c1-6-3-4-7(15-10(11)12)5-8(6)9(13)14-2;2-1(3)4/h3-5,10H,1-2H3;1H. The molecule has 3 nitrogen and oxygen atoms in total. The van der Waals surface area contributed by atoms with Crippen molar-refractivity contribution in [2.45, 2.75) is 19.4 Å². The fourth-order valence-corrected chi connectivity index (χ4v) is 1.11. The van der Waals surface area contributed by atoms with Gasteiger partial charge >= 0.3 is 18.5 Å². The number of alkyl halides is 5. The van der Waals surface area contributed by atoms with E-state index in [4.69, 9.17) is 0 Å². The number of benzene rings is 1. The molecule has 0 aliphatic heterocycles. The highest BCUT2D eigenvalue weighted by Gasteiger charge is 2.12. The molecule has 1 aromatic rings. The molecule has 0 amide bonds. The number of halogens is 5. The Bertz CT molecular complexity index is 410. The Kier molecular flexibility index (Phi) is 7.90. The number of hydrogen-bond acceptors (Lipinski definition) is 3. The lowest BCUT2D eigenvalue weighted by Gasteiger charge is -2.08. The van der Waals surface area contributed by atoms with Crippen LogP contribution in [0.15, 0.2) is 18.2 Å². The van der Waals surface area contributed by atoms with Crippen LogP contribution in [0, 0.1) is 6.92 Å². The first-order chi connectivity index (χ1) is 8.77. The van der Waals surface area contributed by atoms with Crippen LogP contribution >= 0.6 is 11.6 Å². The average Bonchev–Trinajstić information content (AvgIpc) is 2.29. The number of rotatable bonds is 3. The fraction of sp³-hybridized carbons (Fsp3) is 0.364. The van der Waals surface area contributed by atoms with Gasteiger partial charge in [-0.15, -0.1) is 0 Å². The number of methoxy groups -OCH3 is 1. The third-order valence-electron chi connectivity index (χ3n) is 1.84. The second-order valence-corrected chi connectivity index (χ2v) is 3.42. The largest absolute Gasteiger partial charge is 0.465 e. The third-order valence-corrected chi connectivity index (χ3v) is 1.84. The Hall–Kier alpha value is -1.50. The van der Waals surface area contributed by atoms with Gasteiger partial charge in [-0.1, -0.05) is 17.7 Å². The molecule has 0 bridgehead atoms. The maximum absolute atomic E-state index is 11.9. The Labute approximate surface area is 112 Å². The van der Waals surface area contributed by atoms with Crippen molar-refractivity contribution in [3.8, 4) is 5.75 Å². The summed E-state index contributed by atoms with van der Waals surface area (Å²) in [5.74, 6) is -3.33. The van der Waals surface area contributed by atoms with Crippen molar-refractivity contribution in [3.05, 3.63) is 29.3 Å². The summed E-state index contributed by atoms with van der Waals surface area (Å²) in [5, 5.41) is 0. The molecule has 0 radical (unpaired) electrons. The first kappa shape index (κ1) is 17.5. The molecule has 1 aromatic carbocycles. The van der Waals surface area contributed by atoms with Gasteiger partial charge in [0.15, 0.2) is 0 Å². The summed E-state index contributed by atoms with van der Waals surface area (Å²) in [4.78, 5) is 11.2. The Morgan fingerprint density at radius 2 is 1.79 bits per heavy atom. The topological polar surface area (TPSA) is 35.5 Å². The van der Waals surface area contributed by atoms with E-state index in [-0.39, 0.29) is 11.3 Å². The van der Waals surface area contributed by atoms with Crippen molar-refractivity contribution in [1.82, 2.24) is 0 Å². The minimum atomic E-state index is -2.90. The van der Waals surface area contributed by atoms with E-state index in [1.54, 1.807) is 6.92 Å². The van der Waals surface area contributed by atoms with Crippen LogP contribution in [0.5, 0.6) is 5.75 Å². The van der Waals surface area contributed by atoms with Crippen LogP contribution in [0.25, 0.3) is 0 Å². The summed E-state index contributed by atoms with van der Waals surface area (Å²) in [5.41, 5.74) is 0.860. The molecule has 0 aromatic heterocycles. The average molecular weight is 303 g/mol. The molecule has 0 atom stereocenters. The second-order valence-electron chi connectivity index (χ2n) is 3.09. The van der Waals surface area contributed by atoms with Gasteiger partial charge in [-0.3, -0.25) is 0 Å². The summed E-state index contributed by atoms with van der Waals surface area (Å²) in [6.45, 7) is -1.23. The zero-order valence-electron chi connectivity index (χ0n) is 10.0. The number of hydrogen-bond donors (Lipinski definition) is 0. The number of carbonyl (C=O) groups is 1. The maximum atomic E-state index is 11.9. The van der Waals surface area contributed by atoms with Gasteiger partial charge in [-0.05, 0) is 24.6 Å². The van der Waals surface area contributed by atoms with Crippen molar-refractivity contribution < 1.29 is 31.8 Å². The lowest BCUT2D eigenvalue weighted by molar-refractivity contribution is -0.0499. The molecule has 0 aliphatic rings. The predicted octanol–water partition coefficient (Wildman–Crippen LogP) is 3.83. The quantitative estimate of drug-likeness (QED) is 0.483. The highest BCUT2D eigenvalue weighted by atomic mass is 35.5. The van der Waals surface area contributed by atoms with Crippen molar-refractivity contribution in [2.75, 3.05) is 7.11 Å². The minimum Gasteiger partial charge on any atom is -0.465 e. The van der Waals surface area contributed by atoms with Gasteiger partial charge in [0.25, 0.3) is 0 Å². The molecular weight excluding hydrogens is 292 g/mol. The molecule has 0 saturated heterocycles. The van der Waals surface area contributed by atoms with E-state index >= 15 is 0 Å². The van der Waals surface area contributed by atoms with Crippen LogP contribution in [-0.2, 0) is 4.74 Å². The number of esters is 1. The summed E-state index contributed by atoms with van der Waals surface area (Å²) >= 11 is 3.94. The minimum absolute atomic E-state index is 0.0593. The summed E-state index contributed by atoms with van der Waals surface area (Å²) in [7, 11) is 1.22. The van der Waals surface area contributed by atoms with E-state index in [0.717, 1.165) is 0 Å². The molecule has 8 heteroatoms. The van der Waals surface area contributed by atoms with Crippen LogP contribution < -0.4 is 4.74 Å². The van der Waals surface area contributed by atoms with Crippen molar-refractivity contribution in [3.63, 3.8) is 0 Å². The van der Waals surface area contributed by atoms with Gasteiger partial charge in [0, 0.05) is 0 Å². The highest BCUT2D eigenvalue weighted by molar-refractivity contribution is 6.18. The van der Waals surface area contributed by atoms with E-state index < -0.39 is 18.5 Å². The van der Waals surface area contributed by atoms with Crippen LogP contribution in [0.4, 0.5) is 17.6 Å². The zero-order valence-corrected chi connectivity index (χ0v) is 10.8. The van der Waals surface area contributed by atoms with E-state index in [2.05, 4.69) is 21.1 Å². The summed E-state index contributed by atoms with van der Waals surface area (Å²) < 4.78 is 52.7. The Morgan fingerprint density at radius 3 is 2.21 bits per heavy atom. The number of ether oxygens (including phenoxy) is 2. The molecule has 0 N–H and O–H groups in total. The third kappa shape index (κ3) is 7.50. The smallest absolute Gasteiger partial charge is 0.387 e. The molecule has 0 unspecified atom stereocenters. The van der Waals surface area contributed by atoms with Crippen molar-refractivity contribution >= 4 is 17.6 Å². The summed E-state index contributed by atoms with van der Waals surface area (Å²) in [6, 6.07) is 4.12. The summed E-state index contributed by atoms with van der Waals surface area (Å²) in [6.07, 6.45) is 0. The van der Waals surface area contributed by atoms with Gasteiger partial charge in [-0.25, -0.2) is 4.79 Å². The van der Waals surface area contributed by atoms with Gasteiger partial charge < -0.3 is 9.47 Å². The van der Waals surface area contributed by atoms with Crippen LogP contribution in [0.3, 0.4) is 0 Å². The molecule has 108 valence electrons. The Balaban J connectivity index is 0.000000711. The van der Waals surface area contributed by atoms with Crippen molar-refractivity contribution in [2.24, 2.45) is 0 Å². The second kappa shape index (κ2) is 8.58. The monoisotopic (exact) mass is 302 g/mol. The molecule has 0 spiro atoms. The van der Waals surface area contributed by atoms with Gasteiger partial charge in [0.1, 0.15) is 5.75 Å². The molecule has 0 fully saturated rings. The van der Waals surface area contributed by atoms with Gasteiger partial charge in [0.2, 0.25) is 0 Å². The Morgan fingerprint density at radius 1 is 1.26 bits per heavy atom. The van der Waals surface area contributed by atoms with Crippen molar-refractivity contribution in [1.29, 1.82) is 0 Å². The van der Waals surface area contributed by atoms with E-state index in [1.807, 2.05) is 0 Å². The van der Waals surface area contributed by atoms with Crippen LogP contribution in [-0.4, -0.2) is 25.6 Å². The molecule has 0 heterocycles. The normalized spacial score (nSPS) is 9.95. The van der Waals surface area contributed by atoms with Gasteiger partial charge in [0.05, 0.1) is 12.7 Å². The molecule has 19 heavy (non-hydrogen) atoms. The predicted molar refractivity (Wildman–Crippen MR) is 61.0 cm³/mol. The fourth-order valence-electron chi connectivity index (χ4n) is 1.11. The van der Waals surface area contributed by atoms with E-state index in [9.17, 15) is 22.4 Å². The lowest BCUT2D eigenvalue weighted by atomic mass is 10.1. The molecule has 1 rings (SSSR count). The molecule has 0 saturated carbocycles. The molecular formula is C11H11ClF4O3. The number of carbonyl (C=O) groups excluding carboxylic acids is 1. The first-order valence-electron chi connectivity index (χ1n) is 4.84.